The summed E-state index contributed by atoms with van der Waals surface area (Å²) < 4.78 is 19.8. The minimum absolute atomic E-state index is 0.348. The zero-order chi connectivity index (χ0) is 14.3. The van der Waals surface area contributed by atoms with Crippen LogP contribution in [0.5, 0.6) is 0 Å². The van der Waals surface area contributed by atoms with Gasteiger partial charge in [-0.3, -0.25) is 0 Å². The number of epoxide rings is 1. The lowest BCUT2D eigenvalue weighted by molar-refractivity contribution is 0.317. The van der Waals surface area contributed by atoms with Crippen LogP contribution in [0.25, 0.3) is 0 Å². The molecule has 1 nitrogen and oxygen atoms in total. The van der Waals surface area contributed by atoms with Crippen molar-refractivity contribution in [1.29, 1.82) is 0 Å². The van der Waals surface area contributed by atoms with Crippen LogP contribution in [-0.4, -0.2) is 5.33 Å². The van der Waals surface area contributed by atoms with E-state index in [1.807, 2.05) is 12.1 Å². The van der Waals surface area contributed by atoms with Crippen molar-refractivity contribution in [2.75, 3.05) is 5.33 Å². The Bertz CT molecular complexity index is 627. The van der Waals surface area contributed by atoms with Crippen LogP contribution in [-0.2, 0) is 10.3 Å². The molecule has 0 bridgehead atoms. The molecule has 5 heteroatoms. The largest absolute Gasteiger partial charge is 0.355 e. The number of rotatable bonds is 3. The van der Waals surface area contributed by atoms with E-state index in [2.05, 4.69) is 15.9 Å². The lowest BCUT2D eigenvalue weighted by Gasteiger charge is -2.11. The first-order valence-corrected chi connectivity index (χ1v) is 7.90. The van der Waals surface area contributed by atoms with E-state index in [0.29, 0.717) is 20.9 Å². The van der Waals surface area contributed by atoms with E-state index in [4.69, 9.17) is 27.9 Å². The molecule has 1 heterocycles. The molecule has 0 aromatic heterocycles. The van der Waals surface area contributed by atoms with Gasteiger partial charge in [0.15, 0.2) is 0 Å². The summed E-state index contributed by atoms with van der Waals surface area (Å²) in [6, 6.07) is 12.0. The van der Waals surface area contributed by atoms with Gasteiger partial charge in [-0.15, -0.1) is 0 Å². The van der Waals surface area contributed by atoms with Crippen LogP contribution in [0.15, 0.2) is 42.5 Å². The van der Waals surface area contributed by atoms with Gasteiger partial charge in [-0.05, 0) is 29.8 Å². The standard InChI is InChI=1S/C15H10BrCl2FO/c16-8-15(9-4-6-10(17)7-5-9)14(20-15)13-11(18)2-1-3-12(13)19/h1-7,14H,8H2. The smallest absolute Gasteiger partial charge is 0.134 e. The molecule has 104 valence electrons. The molecule has 0 spiro atoms. The number of hydrogen-bond donors (Lipinski definition) is 0. The van der Waals surface area contributed by atoms with Gasteiger partial charge in [0.1, 0.15) is 17.5 Å². The third-order valence-electron chi connectivity index (χ3n) is 3.49. The summed E-state index contributed by atoms with van der Waals surface area (Å²) in [4.78, 5) is 0. The summed E-state index contributed by atoms with van der Waals surface area (Å²) in [5, 5.41) is 1.59. The molecular formula is C15H10BrCl2FO. The van der Waals surface area contributed by atoms with Crippen molar-refractivity contribution < 1.29 is 9.13 Å². The van der Waals surface area contributed by atoms with Crippen LogP contribution < -0.4 is 0 Å². The van der Waals surface area contributed by atoms with Crippen molar-refractivity contribution in [1.82, 2.24) is 0 Å². The van der Waals surface area contributed by atoms with E-state index in [1.165, 1.54) is 6.07 Å². The van der Waals surface area contributed by atoms with E-state index in [9.17, 15) is 4.39 Å². The fourth-order valence-corrected chi connectivity index (χ4v) is 3.50. The van der Waals surface area contributed by atoms with E-state index in [0.717, 1.165) is 5.56 Å². The van der Waals surface area contributed by atoms with E-state index in [1.54, 1.807) is 24.3 Å². The van der Waals surface area contributed by atoms with Crippen LogP contribution in [0, 0.1) is 5.82 Å². The second-order valence-corrected chi connectivity index (χ2v) is 6.07. The monoisotopic (exact) mass is 374 g/mol. The Balaban J connectivity index is 2.01. The number of hydrogen-bond acceptors (Lipinski definition) is 1. The molecular weight excluding hydrogens is 366 g/mol. The molecule has 1 fully saturated rings. The third-order valence-corrected chi connectivity index (χ3v) is 4.90. The Morgan fingerprint density at radius 1 is 1.15 bits per heavy atom. The third kappa shape index (κ3) is 2.27. The Hall–Kier alpha value is -0.610. The van der Waals surface area contributed by atoms with Crippen molar-refractivity contribution in [3.8, 4) is 0 Å². The van der Waals surface area contributed by atoms with Gasteiger partial charge in [0.2, 0.25) is 0 Å². The van der Waals surface area contributed by atoms with E-state index < -0.39 is 11.7 Å². The summed E-state index contributed by atoms with van der Waals surface area (Å²) in [7, 11) is 0. The maximum atomic E-state index is 14.0. The zero-order valence-electron chi connectivity index (χ0n) is 10.2. The SMILES string of the molecule is Fc1cccc(Cl)c1C1OC1(CBr)c1ccc(Cl)cc1. The van der Waals surface area contributed by atoms with Gasteiger partial charge in [0.05, 0.1) is 0 Å². The quantitative estimate of drug-likeness (QED) is 0.510. The Labute approximate surface area is 134 Å². The molecule has 2 unspecified atom stereocenters. The minimum atomic E-state index is -0.587. The Morgan fingerprint density at radius 2 is 1.85 bits per heavy atom. The van der Waals surface area contributed by atoms with Gasteiger partial charge in [0, 0.05) is 20.9 Å². The fourth-order valence-electron chi connectivity index (χ4n) is 2.36. The van der Waals surface area contributed by atoms with Gasteiger partial charge in [-0.25, -0.2) is 4.39 Å². The summed E-state index contributed by atoms with van der Waals surface area (Å²) >= 11 is 15.5. The molecule has 0 radical (unpaired) electrons. The molecule has 1 aliphatic rings. The van der Waals surface area contributed by atoms with Crippen molar-refractivity contribution in [3.63, 3.8) is 0 Å². The topological polar surface area (TPSA) is 12.5 Å². The highest BCUT2D eigenvalue weighted by Crippen LogP contribution is 2.59. The van der Waals surface area contributed by atoms with Crippen molar-refractivity contribution in [2.24, 2.45) is 0 Å². The molecule has 0 aliphatic carbocycles. The molecule has 20 heavy (non-hydrogen) atoms. The molecule has 0 amide bonds. The summed E-state index contributed by atoms with van der Waals surface area (Å²) in [5.74, 6) is -0.348. The maximum absolute atomic E-state index is 14.0. The highest BCUT2D eigenvalue weighted by molar-refractivity contribution is 9.09. The summed E-state index contributed by atoms with van der Waals surface area (Å²) in [6.07, 6.45) is -0.392. The minimum Gasteiger partial charge on any atom is -0.355 e. The van der Waals surface area contributed by atoms with E-state index in [-0.39, 0.29) is 5.82 Å². The predicted octanol–water partition coefficient (Wildman–Crippen LogP) is 5.49. The Morgan fingerprint density at radius 3 is 2.45 bits per heavy atom. The normalized spacial score (nSPS) is 24.7. The molecule has 2 aromatic rings. The van der Waals surface area contributed by atoms with Gasteiger partial charge in [0.25, 0.3) is 0 Å². The van der Waals surface area contributed by atoms with Gasteiger partial charge < -0.3 is 4.74 Å². The lowest BCUT2D eigenvalue weighted by atomic mass is 9.93. The molecule has 1 aliphatic heterocycles. The molecule has 1 saturated heterocycles. The average molecular weight is 376 g/mol. The first-order valence-electron chi connectivity index (χ1n) is 6.02. The lowest BCUT2D eigenvalue weighted by Crippen LogP contribution is -2.12. The van der Waals surface area contributed by atoms with Crippen molar-refractivity contribution in [2.45, 2.75) is 11.7 Å². The van der Waals surface area contributed by atoms with Crippen LogP contribution in [0.3, 0.4) is 0 Å². The van der Waals surface area contributed by atoms with Gasteiger partial charge in [-0.2, -0.15) is 0 Å². The summed E-state index contributed by atoms with van der Waals surface area (Å²) in [5.41, 5.74) is 0.767. The van der Waals surface area contributed by atoms with Gasteiger partial charge in [-0.1, -0.05) is 57.3 Å². The first kappa shape index (κ1) is 14.3. The zero-order valence-corrected chi connectivity index (χ0v) is 13.3. The van der Waals surface area contributed by atoms with Crippen molar-refractivity contribution in [3.05, 3.63) is 69.5 Å². The highest BCUT2D eigenvalue weighted by Gasteiger charge is 2.59. The van der Waals surface area contributed by atoms with Crippen molar-refractivity contribution >= 4 is 39.1 Å². The van der Waals surface area contributed by atoms with Crippen LogP contribution in [0.4, 0.5) is 4.39 Å². The number of alkyl halides is 1. The molecule has 0 saturated carbocycles. The second-order valence-electron chi connectivity index (χ2n) is 4.66. The first-order chi connectivity index (χ1) is 9.58. The number of benzene rings is 2. The molecule has 2 atom stereocenters. The average Bonchev–Trinajstić information content (AvgIpc) is 3.15. The molecule has 3 rings (SSSR count). The molecule has 0 N–H and O–H groups in total. The highest BCUT2D eigenvalue weighted by atomic mass is 79.9. The second kappa shape index (κ2) is 5.30. The summed E-state index contributed by atoms with van der Waals surface area (Å²) in [6.45, 7) is 0. The van der Waals surface area contributed by atoms with Gasteiger partial charge >= 0.3 is 0 Å². The van der Waals surface area contributed by atoms with E-state index >= 15 is 0 Å². The number of halogens is 4. The van der Waals surface area contributed by atoms with Crippen LogP contribution in [0.2, 0.25) is 10.0 Å². The maximum Gasteiger partial charge on any atom is 0.134 e. The van der Waals surface area contributed by atoms with Crippen LogP contribution in [0.1, 0.15) is 17.2 Å². The Kier molecular flexibility index (Phi) is 3.80. The number of ether oxygens (including phenoxy) is 1. The fraction of sp³-hybridized carbons (Fsp3) is 0.200. The predicted molar refractivity (Wildman–Crippen MR) is 82.2 cm³/mol. The van der Waals surface area contributed by atoms with Crippen LogP contribution >= 0.6 is 39.1 Å². The molecule has 2 aromatic carbocycles.